The minimum Gasteiger partial charge on any atom is -0.405 e. The van der Waals surface area contributed by atoms with Gasteiger partial charge in [0, 0.05) is 16.1 Å². The zero-order valence-electron chi connectivity index (χ0n) is 17.9. The third-order valence-electron chi connectivity index (χ3n) is 5.88. The number of carbonyl (C=O) groups excluding carboxylic acids is 1. The number of hydrogen-bond donors (Lipinski definition) is 0. The zero-order chi connectivity index (χ0) is 22.5. The molecule has 0 saturated heterocycles. The Bertz CT molecular complexity index is 1260. The number of hydrogen-bond acceptors (Lipinski definition) is 5. The molecule has 2 atom stereocenters. The molecule has 0 bridgehead atoms. The molecule has 1 spiro atoms. The molecule has 0 aromatic heterocycles. The molecule has 2 aliphatic rings. The van der Waals surface area contributed by atoms with Crippen LogP contribution < -0.4 is 0 Å². The average Bonchev–Trinajstić information content (AvgIpc) is 3.30. The Balaban J connectivity index is 1.73. The summed E-state index contributed by atoms with van der Waals surface area (Å²) < 4.78 is 5.74. The Labute approximate surface area is 191 Å². The minimum absolute atomic E-state index is 0.259. The molecule has 0 saturated carbocycles. The Hall–Kier alpha value is -3.44. The minimum atomic E-state index is -1.45. The summed E-state index contributed by atoms with van der Waals surface area (Å²) in [5, 5.41) is 5.02. The van der Waals surface area contributed by atoms with Crippen LogP contribution in [0.5, 0.6) is 0 Å². The maximum atomic E-state index is 13.6. The van der Waals surface area contributed by atoms with Crippen molar-refractivity contribution >= 4 is 29.2 Å². The summed E-state index contributed by atoms with van der Waals surface area (Å²) in [7, 11) is 0. The number of esters is 1. The van der Waals surface area contributed by atoms with Crippen molar-refractivity contribution in [2.24, 2.45) is 10.1 Å². The summed E-state index contributed by atoms with van der Waals surface area (Å²) in [5.41, 5.74) is 4.44. The maximum Gasteiger partial charge on any atom is 0.351 e. The van der Waals surface area contributed by atoms with Crippen LogP contribution in [0.25, 0.3) is 0 Å². The Morgan fingerprint density at radius 3 is 2.25 bits per heavy atom. The smallest absolute Gasteiger partial charge is 0.351 e. The fourth-order valence-electron chi connectivity index (χ4n) is 4.52. The van der Waals surface area contributed by atoms with E-state index >= 15 is 0 Å². The first-order valence-electron chi connectivity index (χ1n) is 10.4. The predicted molar refractivity (Wildman–Crippen MR) is 124 cm³/mol. The van der Waals surface area contributed by atoms with E-state index in [1.54, 1.807) is 12.1 Å². The van der Waals surface area contributed by atoms with Crippen LogP contribution in [0.4, 0.5) is 0 Å². The lowest BCUT2D eigenvalue weighted by Crippen LogP contribution is -2.46. The van der Waals surface area contributed by atoms with E-state index in [4.69, 9.17) is 26.2 Å². The fraction of sp³-hybridized carbons (Fsp3) is 0.192. The number of ether oxygens (including phenoxy) is 1. The van der Waals surface area contributed by atoms with E-state index in [9.17, 15) is 4.79 Å². The molecule has 32 heavy (non-hydrogen) atoms. The molecule has 5 rings (SSSR count). The number of cyclic esters (lactones) is 1. The van der Waals surface area contributed by atoms with Crippen molar-refractivity contribution in [1.29, 1.82) is 0 Å². The highest BCUT2D eigenvalue weighted by molar-refractivity contribution is 6.30. The second-order valence-electron chi connectivity index (χ2n) is 8.19. The van der Waals surface area contributed by atoms with Gasteiger partial charge >= 0.3 is 5.97 Å². The molecule has 0 aliphatic carbocycles. The molecule has 0 fully saturated rings. The first-order chi connectivity index (χ1) is 15.4. The highest BCUT2D eigenvalue weighted by Crippen LogP contribution is 2.46. The van der Waals surface area contributed by atoms with Gasteiger partial charge in [-0.1, -0.05) is 64.8 Å². The fourth-order valence-corrected chi connectivity index (χ4v) is 4.64. The number of benzene rings is 3. The van der Waals surface area contributed by atoms with Gasteiger partial charge in [0.15, 0.2) is 6.10 Å². The summed E-state index contributed by atoms with van der Waals surface area (Å²) in [6.45, 7) is 6.05. The predicted octanol–water partition coefficient (Wildman–Crippen LogP) is 5.48. The molecule has 0 N–H and O–H groups in total. The molecule has 160 valence electrons. The van der Waals surface area contributed by atoms with Crippen molar-refractivity contribution in [2.75, 3.05) is 0 Å². The third-order valence-corrected chi connectivity index (χ3v) is 6.13. The molecule has 3 aromatic carbocycles. The molecule has 6 heteroatoms. The SMILES string of the molecule is Cc1cc(C)c(C2=NO[C@@H](c3ccc(Cl)cc3)[C@@]23N=C(c2ccccc2)OC3=O)c(C)c1. The molecular formula is C26H21ClN2O3. The monoisotopic (exact) mass is 444 g/mol. The van der Waals surface area contributed by atoms with Crippen LogP contribution in [0.2, 0.25) is 5.02 Å². The maximum absolute atomic E-state index is 13.6. The van der Waals surface area contributed by atoms with E-state index in [2.05, 4.69) is 17.3 Å². The summed E-state index contributed by atoms with van der Waals surface area (Å²) in [4.78, 5) is 24.4. The van der Waals surface area contributed by atoms with E-state index in [1.807, 2.05) is 63.2 Å². The molecule has 5 nitrogen and oxygen atoms in total. The van der Waals surface area contributed by atoms with Crippen LogP contribution in [0.3, 0.4) is 0 Å². The van der Waals surface area contributed by atoms with Gasteiger partial charge in [-0.25, -0.2) is 9.79 Å². The number of aliphatic imine (C=N–C) groups is 1. The molecule has 3 aromatic rings. The van der Waals surface area contributed by atoms with Crippen molar-refractivity contribution in [3.63, 3.8) is 0 Å². The van der Waals surface area contributed by atoms with Crippen LogP contribution in [0, 0.1) is 20.8 Å². The zero-order valence-corrected chi connectivity index (χ0v) is 18.7. The summed E-state index contributed by atoms with van der Waals surface area (Å²) in [5.74, 6) is -0.248. The van der Waals surface area contributed by atoms with Crippen molar-refractivity contribution in [1.82, 2.24) is 0 Å². The number of carbonyl (C=O) groups is 1. The van der Waals surface area contributed by atoms with Crippen LogP contribution in [-0.4, -0.2) is 23.1 Å². The molecular weight excluding hydrogens is 424 g/mol. The topological polar surface area (TPSA) is 60.3 Å². The van der Waals surface area contributed by atoms with Crippen molar-refractivity contribution in [2.45, 2.75) is 32.4 Å². The van der Waals surface area contributed by atoms with E-state index in [1.165, 1.54) is 0 Å². The molecule has 2 heterocycles. The average molecular weight is 445 g/mol. The number of rotatable bonds is 3. The van der Waals surface area contributed by atoms with Gasteiger partial charge in [-0.05, 0) is 61.7 Å². The molecule has 2 aliphatic heterocycles. The van der Waals surface area contributed by atoms with Gasteiger partial charge in [0.2, 0.25) is 5.90 Å². The highest BCUT2D eigenvalue weighted by Gasteiger charge is 2.62. The lowest BCUT2D eigenvalue weighted by atomic mass is 9.79. The normalized spacial score (nSPS) is 21.9. The van der Waals surface area contributed by atoms with Crippen LogP contribution in [-0.2, 0) is 14.4 Å². The quantitative estimate of drug-likeness (QED) is 0.502. The third kappa shape index (κ3) is 3.12. The van der Waals surface area contributed by atoms with Gasteiger partial charge in [0.25, 0.3) is 5.54 Å². The van der Waals surface area contributed by atoms with Crippen molar-refractivity contribution in [3.05, 3.63) is 105 Å². The van der Waals surface area contributed by atoms with Gasteiger partial charge in [-0.15, -0.1) is 0 Å². The Kier molecular flexibility index (Phi) is 4.86. The number of aryl methyl sites for hydroxylation is 3. The van der Waals surface area contributed by atoms with Gasteiger partial charge in [0.05, 0.1) is 0 Å². The lowest BCUT2D eigenvalue weighted by Gasteiger charge is -2.25. The highest BCUT2D eigenvalue weighted by atomic mass is 35.5. The molecule has 0 amide bonds. The lowest BCUT2D eigenvalue weighted by molar-refractivity contribution is -0.139. The van der Waals surface area contributed by atoms with Gasteiger partial charge in [-0.2, -0.15) is 0 Å². The Morgan fingerprint density at radius 1 is 0.938 bits per heavy atom. The van der Waals surface area contributed by atoms with Crippen LogP contribution in [0.1, 0.15) is 39.5 Å². The van der Waals surface area contributed by atoms with Crippen LogP contribution >= 0.6 is 11.6 Å². The summed E-state index contributed by atoms with van der Waals surface area (Å²) in [6.07, 6.45) is -0.774. The van der Waals surface area contributed by atoms with Crippen LogP contribution in [0.15, 0.2) is 76.9 Å². The molecule has 0 radical (unpaired) electrons. The second-order valence-corrected chi connectivity index (χ2v) is 8.63. The van der Waals surface area contributed by atoms with Crippen molar-refractivity contribution < 1.29 is 14.4 Å². The second kappa shape index (κ2) is 7.61. The van der Waals surface area contributed by atoms with E-state index in [0.29, 0.717) is 10.7 Å². The summed E-state index contributed by atoms with van der Waals surface area (Å²) in [6, 6.07) is 20.7. The largest absolute Gasteiger partial charge is 0.405 e. The van der Waals surface area contributed by atoms with Gasteiger partial charge in [-0.3, -0.25) is 0 Å². The summed E-state index contributed by atoms with van der Waals surface area (Å²) >= 11 is 6.09. The number of oxime groups is 1. The first-order valence-corrected chi connectivity index (χ1v) is 10.7. The number of nitrogens with zero attached hydrogens (tertiary/aromatic N) is 2. The van der Waals surface area contributed by atoms with Gasteiger partial charge < -0.3 is 9.57 Å². The van der Waals surface area contributed by atoms with E-state index in [0.717, 1.165) is 33.4 Å². The van der Waals surface area contributed by atoms with Crippen molar-refractivity contribution in [3.8, 4) is 0 Å². The van der Waals surface area contributed by atoms with Gasteiger partial charge in [0.1, 0.15) is 5.71 Å². The first kappa shape index (κ1) is 20.5. The number of halogens is 1. The Morgan fingerprint density at radius 2 is 1.59 bits per heavy atom. The van der Waals surface area contributed by atoms with E-state index in [-0.39, 0.29) is 5.90 Å². The molecule has 0 unspecified atom stereocenters. The van der Waals surface area contributed by atoms with E-state index < -0.39 is 17.6 Å². The standard InChI is InChI=1S/C26H21ClN2O3/c1-15-13-16(2)21(17(3)14-15)22-26(23(32-29-22)18-9-11-20(27)12-10-18)25(30)31-24(28-26)19-7-5-4-6-8-19/h4-14,23H,1-3H3/t23-,26-/m0/s1.